The molecule has 54 valence electrons. The summed E-state index contributed by atoms with van der Waals surface area (Å²) in [6.45, 7) is 4.14. The molecule has 0 radical (unpaired) electrons. The molecule has 0 aliphatic rings. The Kier molecular flexibility index (Phi) is 2.34. The zero-order valence-corrected chi connectivity index (χ0v) is 7.07. The van der Waals surface area contributed by atoms with Gasteiger partial charge in [-0.2, -0.15) is 0 Å². The maximum Gasteiger partial charge on any atom is 0.0437 e. The van der Waals surface area contributed by atoms with Crippen molar-refractivity contribution >= 4 is 11.6 Å². The molecule has 0 aromatic heterocycles. The second-order valence-corrected chi connectivity index (χ2v) is 2.84. The largest absolute Gasteiger partial charge is 0.0840 e. The van der Waals surface area contributed by atoms with Gasteiger partial charge in [-0.1, -0.05) is 30.7 Å². The van der Waals surface area contributed by atoms with Crippen LogP contribution >= 0.6 is 11.6 Å². The quantitative estimate of drug-likeness (QED) is 0.583. The van der Waals surface area contributed by atoms with Gasteiger partial charge in [0.1, 0.15) is 0 Å². The van der Waals surface area contributed by atoms with Crippen molar-refractivity contribution in [1.29, 1.82) is 0 Å². The molecule has 1 aromatic rings. The van der Waals surface area contributed by atoms with Crippen molar-refractivity contribution in [3.05, 3.63) is 34.3 Å². The van der Waals surface area contributed by atoms with Crippen LogP contribution in [0.2, 0.25) is 5.02 Å². The second kappa shape index (κ2) is 3.07. The first kappa shape index (κ1) is 7.62. The van der Waals surface area contributed by atoms with Crippen molar-refractivity contribution in [3.8, 4) is 0 Å². The van der Waals surface area contributed by atoms with E-state index in [0.717, 1.165) is 17.0 Å². The van der Waals surface area contributed by atoms with E-state index in [1.165, 1.54) is 5.56 Å². The summed E-state index contributed by atoms with van der Waals surface area (Å²) in [6, 6.07) is 6.19. The first-order chi connectivity index (χ1) is 4.74. The third-order valence-corrected chi connectivity index (χ3v) is 2.05. The van der Waals surface area contributed by atoms with E-state index in [9.17, 15) is 0 Å². The summed E-state index contributed by atoms with van der Waals surface area (Å²) in [7, 11) is 0. The zero-order valence-electron chi connectivity index (χ0n) is 6.32. The molecule has 0 saturated carbocycles. The Morgan fingerprint density at radius 3 is 2.60 bits per heavy atom. The van der Waals surface area contributed by atoms with E-state index >= 15 is 0 Å². The minimum absolute atomic E-state index is 0.874. The van der Waals surface area contributed by atoms with Crippen LogP contribution in [0.4, 0.5) is 0 Å². The lowest BCUT2D eigenvalue weighted by Gasteiger charge is -1.99. The molecule has 0 aliphatic heterocycles. The van der Waals surface area contributed by atoms with E-state index in [4.69, 9.17) is 11.6 Å². The van der Waals surface area contributed by atoms with Crippen molar-refractivity contribution in [1.82, 2.24) is 0 Å². The standard InChI is InChI=1S/C9H11Cl/c1-3-8-5-4-7(2)9(10)6-8/h4-6H,3H2,1-2H3. The van der Waals surface area contributed by atoms with Crippen molar-refractivity contribution < 1.29 is 0 Å². The van der Waals surface area contributed by atoms with Crippen molar-refractivity contribution in [2.75, 3.05) is 0 Å². The molecule has 0 atom stereocenters. The summed E-state index contributed by atoms with van der Waals surface area (Å²) in [5.74, 6) is 0. The Hall–Kier alpha value is -0.490. The van der Waals surface area contributed by atoms with Crippen LogP contribution in [-0.4, -0.2) is 0 Å². The number of aryl methyl sites for hydroxylation is 2. The van der Waals surface area contributed by atoms with E-state index in [-0.39, 0.29) is 0 Å². The van der Waals surface area contributed by atoms with Gasteiger partial charge < -0.3 is 0 Å². The number of rotatable bonds is 1. The highest BCUT2D eigenvalue weighted by Gasteiger charge is 1.94. The summed E-state index contributed by atoms with van der Waals surface area (Å²) >= 11 is 5.89. The molecule has 1 heteroatoms. The van der Waals surface area contributed by atoms with Gasteiger partial charge in [-0.15, -0.1) is 0 Å². The molecule has 1 aromatic carbocycles. The molecule has 10 heavy (non-hydrogen) atoms. The Morgan fingerprint density at radius 2 is 2.10 bits per heavy atom. The summed E-state index contributed by atoms with van der Waals surface area (Å²) in [5.41, 5.74) is 2.45. The maximum atomic E-state index is 5.89. The Morgan fingerprint density at radius 1 is 1.40 bits per heavy atom. The number of hydrogen-bond donors (Lipinski definition) is 0. The first-order valence-corrected chi connectivity index (χ1v) is 3.87. The van der Waals surface area contributed by atoms with Crippen LogP contribution in [0, 0.1) is 6.92 Å². The highest BCUT2D eigenvalue weighted by atomic mass is 35.5. The molecule has 0 bridgehead atoms. The lowest BCUT2D eigenvalue weighted by Crippen LogP contribution is -1.80. The molecule has 0 aliphatic carbocycles. The fourth-order valence-corrected chi connectivity index (χ4v) is 1.06. The van der Waals surface area contributed by atoms with Crippen LogP contribution in [0.1, 0.15) is 18.1 Å². The molecule has 0 nitrogen and oxygen atoms in total. The fraction of sp³-hybridized carbons (Fsp3) is 0.333. The lowest BCUT2D eigenvalue weighted by molar-refractivity contribution is 1.14. The number of hydrogen-bond acceptors (Lipinski definition) is 0. The maximum absolute atomic E-state index is 5.89. The molecular weight excluding hydrogens is 144 g/mol. The highest BCUT2D eigenvalue weighted by molar-refractivity contribution is 6.31. The SMILES string of the molecule is CCc1ccc(C)c(Cl)c1. The predicted molar refractivity (Wildman–Crippen MR) is 45.6 cm³/mol. The van der Waals surface area contributed by atoms with Crippen LogP contribution in [0.15, 0.2) is 18.2 Å². The van der Waals surface area contributed by atoms with Gasteiger partial charge in [0.05, 0.1) is 0 Å². The van der Waals surface area contributed by atoms with Gasteiger partial charge in [0, 0.05) is 5.02 Å². The molecule has 0 N–H and O–H groups in total. The Labute approximate surface area is 66.8 Å². The van der Waals surface area contributed by atoms with E-state index in [2.05, 4.69) is 19.1 Å². The average Bonchev–Trinajstić information content (AvgIpc) is 1.95. The molecule has 0 fully saturated rings. The van der Waals surface area contributed by atoms with Crippen LogP contribution in [0.5, 0.6) is 0 Å². The van der Waals surface area contributed by atoms with Gasteiger partial charge in [-0.05, 0) is 30.5 Å². The fourth-order valence-electron chi connectivity index (χ4n) is 0.856. The van der Waals surface area contributed by atoms with Crippen molar-refractivity contribution in [3.63, 3.8) is 0 Å². The number of halogens is 1. The van der Waals surface area contributed by atoms with Crippen LogP contribution in [0.25, 0.3) is 0 Å². The van der Waals surface area contributed by atoms with E-state index in [1.807, 2.05) is 13.0 Å². The zero-order chi connectivity index (χ0) is 7.56. The molecule has 0 unspecified atom stereocenters. The van der Waals surface area contributed by atoms with Gasteiger partial charge >= 0.3 is 0 Å². The number of benzene rings is 1. The minimum atomic E-state index is 0.874. The molecular formula is C9H11Cl. The molecule has 0 amide bonds. The summed E-state index contributed by atoms with van der Waals surface area (Å²) < 4.78 is 0. The Balaban J connectivity index is 3.04. The smallest absolute Gasteiger partial charge is 0.0437 e. The lowest BCUT2D eigenvalue weighted by atomic mass is 10.1. The third kappa shape index (κ3) is 1.51. The van der Waals surface area contributed by atoms with Crippen LogP contribution in [-0.2, 0) is 6.42 Å². The first-order valence-electron chi connectivity index (χ1n) is 3.49. The minimum Gasteiger partial charge on any atom is -0.0840 e. The van der Waals surface area contributed by atoms with Gasteiger partial charge in [-0.25, -0.2) is 0 Å². The van der Waals surface area contributed by atoms with Crippen LogP contribution < -0.4 is 0 Å². The summed E-state index contributed by atoms with van der Waals surface area (Å²) in [5, 5.41) is 0.874. The monoisotopic (exact) mass is 154 g/mol. The Bertz CT molecular complexity index is 228. The normalized spacial score (nSPS) is 9.90. The van der Waals surface area contributed by atoms with Gasteiger partial charge in [0.25, 0.3) is 0 Å². The third-order valence-electron chi connectivity index (χ3n) is 1.64. The van der Waals surface area contributed by atoms with Gasteiger partial charge in [0.2, 0.25) is 0 Å². The summed E-state index contributed by atoms with van der Waals surface area (Å²) in [4.78, 5) is 0. The summed E-state index contributed by atoms with van der Waals surface area (Å²) in [6.07, 6.45) is 1.06. The molecule has 0 saturated heterocycles. The van der Waals surface area contributed by atoms with E-state index < -0.39 is 0 Å². The average molecular weight is 155 g/mol. The van der Waals surface area contributed by atoms with Crippen molar-refractivity contribution in [2.24, 2.45) is 0 Å². The molecule has 0 spiro atoms. The van der Waals surface area contributed by atoms with Crippen LogP contribution in [0.3, 0.4) is 0 Å². The predicted octanol–water partition coefficient (Wildman–Crippen LogP) is 3.21. The molecule has 0 heterocycles. The topological polar surface area (TPSA) is 0 Å². The van der Waals surface area contributed by atoms with Crippen molar-refractivity contribution in [2.45, 2.75) is 20.3 Å². The van der Waals surface area contributed by atoms with Gasteiger partial charge in [0.15, 0.2) is 0 Å². The highest BCUT2D eigenvalue weighted by Crippen LogP contribution is 2.16. The molecule has 1 rings (SSSR count). The van der Waals surface area contributed by atoms with Gasteiger partial charge in [-0.3, -0.25) is 0 Å². The van der Waals surface area contributed by atoms with E-state index in [0.29, 0.717) is 0 Å². The van der Waals surface area contributed by atoms with E-state index in [1.54, 1.807) is 0 Å². The second-order valence-electron chi connectivity index (χ2n) is 2.44.